The number of anilines is 1. The summed E-state index contributed by atoms with van der Waals surface area (Å²) >= 11 is 5.88. The molecule has 1 fully saturated rings. The SMILES string of the molecule is CCN1CCN(c2cncc(C(=O)NCc3ccc(Cl)cc3)c2)CC1. The molecule has 2 heterocycles. The van der Waals surface area contributed by atoms with E-state index in [9.17, 15) is 4.79 Å². The van der Waals surface area contributed by atoms with Crippen LogP contribution in [-0.4, -0.2) is 48.5 Å². The van der Waals surface area contributed by atoms with Crippen molar-refractivity contribution in [2.24, 2.45) is 0 Å². The summed E-state index contributed by atoms with van der Waals surface area (Å²) in [5.41, 5.74) is 2.61. The number of benzene rings is 1. The summed E-state index contributed by atoms with van der Waals surface area (Å²) in [6, 6.07) is 9.38. The highest BCUT2D eigenvalue weighted by molar-refractivity contribution is 6.30. The van der Waals surface area contributed by atoms with Crippen LogP contribution in [0.15, 0.2) is 42.7 Å². The monoisotopic (exact) mass is 358 g/mol. The van der Waals surface area contributed by atoms with E-state index in [4.69, 9.17) is 11.6 Å². The van der Waals surface area contributed by atoms with Crippen molar-refractivity contribution in [2.45, 2.75) is 13.5 Å². The largest absolute Gasteiger partial charge is 0.368 e. The second-order valence-electron chi connectivity index (χ2n) is 6.16. The molecule has 1 aromatic heterocycles. The van der Waals surface area contributed by atoms with Gasteiger partial charge in [0, 0.05) is 43.9 Å². The molecular formula is C19H23ClN4O. The number of piperazine rings is 1. The molecule has 0 atom stereocenters. The third-order valence-corrected chi connectivity index (χ3v) is 4.79. The minimum Gasteiger partial charge on any atom is -0.368 e. The van der Waals surface area contributed by atoms with Crippen LogP contribution in [0.3, 0.4) is 0 Å². The fourth-order valence-corrected chi connectivity index (χ4v) is 3.06. The molecule has 5 nitrogen and oxygen atoms in total. The lowest BCUT2D eigenvalue weighted by Gasteiger charge is -2.35. The maximum atomic E-state index is 12.4. The van der Waals surface area contributed by atoms with Crippen molar-refractivity contribution in [3.8, 4) is 0 Å². The summed E-state index contributed by atoms with van der Waals surface area (Å²) in [7, 11) is 0. The van der Waals surface area contributed by atoms with Crippen molar-refractivity contribution in [1.29, 1.82) is 0 Å². The lowest BCUT2D eigenvalue weighted by molar-refractivity contribution is 0.0950. The highest BCUT2D eigenvalue weighted by atomic mass is 35.5. The lowest BCUT2D eigenvalue weighted by Crippen LogP contribution is -2.46. The van der Waals surface area contributed by atoms with Crippen LogP contribution in [0.2, 0.25) is 5.02 Å². The third kappa shape index (κ3) is 4.71. The molecule has 0 spiro atoms. The summed E-state index contributed by atoms with van der Waals surface area (Å²) in [5.74, 6) is -0.114. The number of amides is 1. The number of rotatable bonds is 5. The number of carbonyl (C=O) groups excluding carboxylic acids is 1. The van der Waals surface area contributed by atoms with Crippen molar-refractivity contribution in [3.05, 3.63) is 58.9 Å². The van der Waals surface area contributed by atoms with Crippen LogP contribution in [0, 0.1) is 0 Å². The summed E-state index contributed by atoms with van der Waals surface area (Å²) < 4.78 is 0. The van der Waals surface area contributed by atoms with Gasteiger partial charge < -0.3 is 15.1 Å². The number of halogens is 1. The van der Waals surface area contributed by atoms with E-state index >= 15 is 0 Å². The number of hydrogen-bond donors (Lipinski definition) is 1. The molecule has 0 unspecified atom stereocenters. The molecule has 2 aromatic rings. The molecule has 1 aromatic carbocycles. The van der Waals surface area contributed by atoms with Crippen LogP contribution in [-0.2, 0) is 6.54 Å². The van der Waals surface area contributed by atoms with Gasteiger partial charge in [-0.15, -0.1) is 0 Å². The molecule has 0 aliphatic carbocycles. The average Bonchev–Trinajstić information content (AvgIpc) is 2.67. The standard InChI is InChI=1S/C19H23ClN4O/c1-2-23-7-9-24(10-8-23)18-11-16(13-21-14-18)19(25)22-12-15-3-5-17(20)6-4-15/h3-6,11,13-14H,2,7-10,12H2,1H3,(H,22,25). The van der Waals surface area contributed by atoms with E-state index in [0.717, 1.165) is 44.0 Å². The zero-order valence-electron chi connectivity index (χ0n) is 14.4. The molecule has 0 bridgehead atoms. The average molecular weight is 359 g/mol. The van der Waals surface area contributed by atoms with Gasteiger partial charge >= 0.3 is 0 Å². The molecule has 1 N–H and O–H groups in total. The first kappa shape index (κ1) is 17.7. The van der Waals surface area contributed by atoms with E-state index in [2.05, 4.69) is 27.0 Å². The molecule has 132 valence electrons. The highest BCUT2D eigenvalue weighted by Crippen LogP contribution is 2.17. The molecule has 0 saturated carbocycles. The van der Waals surface area contributed by atoms with Crippen LogP contribution in [0.5, 0.6) is 0 Å². The molecule has 0 radical (unpaired) electrons. The Bertz CT molecular complexity index is 712. The molecule has 1 amide bonds. The molecular weight excluding hydrogens is 336 g/mol. The first-order chi connectivity index (χ1) is 12.2. The number of aromatic nitrogens is 1. The Morgan fingerprint density at radius 3 is 2.56 bits per heavy atom. The van der Waals surface area contributed by atoms with Crippen molar-refractivity contribution < 1.29 is 4.79 Å². The normalized spacial score (nSPS) is 15.2. The topological polar surface area (TPSA) is 48.5 Å². The van der Waals surface area contributed by atoms with Gasteiger partial charge in [0.15, 0.2) is 0 Å². The minimum absolute atomic E-state index is 0.114. The Balaban J connectivity index is 1.60. The maximum absolute atomic E-state index is 12.4. The molecule has 1 aliphatic heterocycles. The van der Waals surface area contributed by atoms with Gasteiger partial charge in [-0.05, 0) is 30.3 Å². The Morgan fingerprint density at radius 1 is 1.16 bits per heavy atom. The Labute approximate surface area is 153 Å². The quantitative estimate of drug-likeness (QED) is 0.892. The van der Waals surface area contributed by atoms with Crippen molar-refractivity contribution >= 4 is 23.2 Å². The second kappa shape index (κ2) is 8.32. The van der Waals surface area contributed by atoms with Gasteiger partial charge in [0.2, 0.25) is 0 Å². The smallest absolute Gasteiger partial charge is 0.253 e. The van der Waals surface area contributed by atoms with E-state index < -0.39 is 0 Å². The molecule has 1 aliphatic rings. The Hall–Kier alpha value is -2.11. The Morgan fingerprint density at radius 2 is 1.88 bits per heavy atom. The molecule has 6 heteroatoms. The van der Waals surface area contributed by atoms with Crippen LogP contribution in [0.4, 0.5) is 5.69 Å². The number of likely N-dealkylation sites (N-methyl/N-ethyl adjacent to an activating group) is 1. The van der Waals surface area contributed by atoms with E-state index in [0.29, 0.717) is 17.1 Å². The van der Waals surface area contributed by atoms with Gasteiger partial charge in [-0.3, -0.25) is 9.78 Å². The van der Waals surface area contributed by atoms with Crippen molar-refractivity contribution in [3.63, 3.8) is 0 Å². The number of nitrogens with one attached hydrogen (secondary N) is 1. The first-order valence-electron chi connectivity index (χ1n) is 8.60. The Kier molecular flexibility index (Phi) is 5.89. The van der Waals surface area contributed by atoms with Gasteiger partial charge in [-0.1, -0.05) is 30.7 Å². The number of hydrogen-bond acceptors (Lipinski definition) is 4. The number of nitrogens with zero attached hydrogens (tertiary/aromatic N) is 3. The van der Waals surface area contributed by atoms with Crippen LogP contribution in [0.1, 0.15) is 22.8 Å². The van der Waals surface area contributed by atoms with Gasteiger partial charge in [-0.25, -0.2) is 0 Å². The fourth-order valence-electron chi connectivity index (χ4n) is 2.93. The van der Waals surface area contributed by atoms with Crippen LogP contribution in [0.25, 0.3) is 0 Å². The zero-order valence-corrected chi connectivity index (χ0v) is 15.2. The predicted octanol–water partition coefficient (Wildman–Crippen LogP) is 2.81. The summed E-state index contributed by atoms with van der Waals surface area (Å²) in [4.78, 5) is 21.4. The van der Waals surface area contributed by atoms with E-state index in [1.54, 1.807) is 6.20 Å². The van der Waals surface area contributed by atoms with Gasteiger partial charge in [-0.2, -0.15) is 0 Å². The second-order valence-corrected chi connectivity index (χ2v) is 6.60. The third-order valence-electron chi connectivity index (χ3n) is 4.54. The summed E-state index contributed by atoms with van der Waals surface area (Å²) in [5, 5.41) is 3.62. The number of pyridine rings is 1. The van der Waals surface area contributed by atoms with Crippen molar-refractivity contribution in [1.82, 2.24) is 15.2 Å². The van der Waals surface area contributed by atoms with Crippen molar-refractivity contribution in [2.75, 3.05) is 37.6 Å². The molecule has 25 heavy (non-hydrogen) atoms. The zero-order chi connectivity index (χ0) is 17.6. The van der Waals surface area contributed by atoms with Crippen LogP contribution >= 0.6 is 11.6 Å². The van der Waals surface area contributed by atoms with E-state index in [-0.39, 0.29) is 5.91 Å². The minimum atomic E-state index is -0.114. The van der Waals surface area contributed by atoms with Crippen LogP contribution < -0.4 is 10.2 Å². The maximum Gasteiger partial charge on any atom is 0.253 e. The fraction of sp³-hybridized carbons (Fsp3) is 0.368. The summed E-state index contributed by atoms with van der Waals surface area (Å²) in [6.45, 7) is 7.75. The predicted molar refractivity (Wildman–Crippen MR) is 101 cm³/mol. The number of carbonyl (C=O) groups is 1. The lowest BCUT2D eigenvalue weighted by atomic mass is 10.2. The first-order valence-corrected chi connectivity index (χ1v) is 8.98. The molecule has 3 rings (SSSR count). The highest BCUT2D eigenvalue weighted by Gasteiger charge is 2.17. The van der Waals surface area contributed by atoms with E-state index in [1.807, 2.05) is 36.5 Å². The van der Waals surface area contributed by atoms with Gasteiger partial charge in [0.05, 0.1) is 17.4 Å². The van der Waals surface area contributed by atoms with Gasteiger partial charge in [0.25, 0.3) is 5.91 Å². The molecule has 1 saturated heterocycles. The van der Waals surface area contributed by atoms with Gasteiger partial charge in [0.1, 0.15) is 0 Å². The van der Waals surface area contributed by atoms with E-state index in [1.165, 1.54) is 0 Å². The summed E-state index contributed by atoms with van der Waals surface area (Å²) in [6.07, 6.45) is 3.45.